The molecule has 1 N–H and O–H groups in total. The zero-order valence-corrected chi connectivity index (χ0v) is 12.8. The van der Waals surface area contributed by atoms with Crippen LogP contribution >= 0.6 is 11.6 Å². The minimum absolute atomic E-state index is 0.0755. The van der Waals surface area contributed by atoms with Crippen molar-refractivity contribution in [3.05, 3.63) is 17.0 Å². The second-order valence-electron chi connectivity index (χ2n) is 4.71. The van der Waals surface area contributed by atoms with Crippen molar-refractivity contribution >= 4 is 23.2 Å². The van der Waals surface area contributed by atoms with Crippen LogP contribution in [-0.4, -0.2) is 43.9 Å². The minimum Gasteiger partial charge on any atom is -0.395 e. The molecule has 2 rings (SSSR count). The Balaban J connectivity index is 2.62. The van der Waals surface area contributed by atoms with E-state index in [1.807, 2.05) is 6.92 Å². The third-order valence-corrected chi connectivity index (χ3v) is 3.94. The lowest BCUT2D eigenvalue weighted by atomic mass is 10.1. The number of hydrogen-bond acceptors (Lipinski definition) is 5. The molecule has 0 aromatic carbocycles. The SMILES string of the molecule is CCC(CC)N(CCO)c1c(C)c(Cl)nc2ncnn12. The normalized spacial score (nSPS) is 11.5. The van der Waals surface area contributed by atoms with E-state index in [1.165, 1.54) is 6.33 Å². The molecule has 2 heterocycles. The lowest BCUT2D eigenvalue weighted by Crippen LogP contribution is -2.38. The molecular weight excluding hydrogens is 278 g/mol. The Morgan fingerprint density at radius 1 is 1.40 bits per heavy atom. The van der Waals surface area contributed by atoms with E-state index >= 15 is 0 Å². The van der Waals surface area contributed by atoms with Gasteiger partial charge in [0.2, 0.25) is 0 Å². The van der Waals surface area contributed by atoms with Crippen molar-refractivity contribution in [2.75, 3.05) is 18.1 Å². The Labute approximate surface area is 123 Å². The first-order valence-electron chi connectivity index (χ1n) is 6.87. The third kappa shape index (κ3) is 2.58. The van der Waals surface area contributed by atoms with Crippen molar-refractivity contribution in [2.24, 2.45) is 0 Å². The van der Waals surface area contributed by atoms with Gasteiger partial charge in [0, 0.05) is 18.2 Å². The Hall–Kier alpha value is -1.40. The summed E-state index contributed by atoms with van der Waals surface area (Å²) in [4.78, 5) is 10.5. The molecule has 0 amide bonds. The highest BCUT2D eigenvalue weighted by molar-refractivity contribution is 6.30. The van der Waals surface area contributed by atoms with E-state index in [2.05, 4.69) is 33.8 Å². The molecule has 110 valence electrons. The Bertz CT molecular complexity index is 581. The van der Waals surface area contributed by atoms with E-state index in [1.54, 1.807) is 4.52 Å². The van der Waals surface area contributed by atoms with E-state index in [9.17, 15) is 5.11 Å². The van der Waals surface area contributed by atoms with Crippen LogP contribution in [0.4, 0.5) is 5.82 Å². The number of rotatable bonds is 6. The lowest BCUT2D eigenvalue weighted by molar-refractivity contribution is 0.295. The van der Waals surface area contributed by atoms with E-state index in [4.69, 9.17) is 11.6 Å². The number of halogens is 1. The highest BCUT2D eigenvalue weighted by Crippen LogP contribution is 2.28. The van der Waals surface area contributed by atoms with Gasteiger partial charge in [0.1, 0.15) is 17.3 Å². The molecule has 0 atom stereocenters. The van der Waals surface area contributed by atoms with Gasteiger partial charge in [-0.2, -0.15) is 19.6 Å². The summed E-state index contributed by atoms with van der Waals surface area (Å²) in [5.41, 5.74) is 0.852. The fraction of sp³-hybridized carbons (Fsp3) is 0.615. The van der Waals surface area contributed by atoms with Crippen LogP contribution in [0, 0.1) is 6.92 Å². The average molecular weight is 298 g/mol. The van der Waals surface area contributed by atoms with Crippen LogP contribution in [0.15, 0.2) is 6.33 Å². The van der Waals surface area contributed by atoms with Gasteiger partial charge in [0.05, 0.1) is 6.61 Å². The molecule has 2 aromatic heterocycles. The zero-order chi connectivity index (χ0) is 14.7. The molecule has 0 aliphatic carbocycles. The molecule has 7 heteroatoms. The summed E-state index contributed by atoms with van der Waals surface area (Å²) in [5, 5.41) is 14.0. The fourth-order valence-electron chi connectivity index (χ4n) is 2.52. The van der Waals surface area contributed by atoms with Crippen LogP contribution in [0.3, 0.4) is 0 Å². The molecule has 20 heavy (non-hydrogen) atoms. The number of hydrogen-bond donors (Lipinski definition) is 1. The first-order chi connectivity index (χ1) is 9.63. The number of aliphatic hydroxyl groups excluding tert-OH is 1. The van der Waals surface area contributed by atoms with Crippen LogP contribution in [0.25, 0.3) is 5.78 Å². The van der Waals surface area contributed by atoms with Crippen LogP contribution in [0.1, 0.15) is 32.3 Å². The molecule has 0 bridgehead atoms. The van der Waals surface area contributed by atoms with E-state index in [-0.39, 0.29) is 6.61 Å². The standard InChI is InChI=1S/C13H20ClN5O/c1-4-10(5-2)18(6-7-20)12-9(3)11(14)17-13-15-8-16-19(12)13/h8,10,20H,4-7H2,1-3H3. The van der Waals surface area contributed by atoms with Gasteiger partial charge < -0.3 is 10.0 Å². The first-order valence-corrected chi connectivity index (χ1v) is 7.25. The summed E-state index contributed by atoms with van der Waals surface area (Å²) in [7, 11) is 0. The van der Waals surface area contributed by atoms with Crippen molar-refractivity contribution in [3.63, 3.8) is 0 Å². The molecule has 0 spiro atoms. The van der Waals surface area contributed by atoms with Crippen LogP contribution in [0.2, 0.25) is 5.15 Å². The molecule has 0 aliphatic rings. The lowest BCUT2D eigenvalue weighted by Gasteiger charge is -2.33. The highest BCUT2D eigenvalue weighted by atomic mass is 35.5. The summed E-state index contributed by atoms with van der Waals surface area (Å²) in [6.07, 6.45) is 3.42. The van der Waals surface area contributed by atoms with E-state index in [0.717, 1.165) is 24.2 Å². The zero-order valence-electron chi connectivity index (χ0n) is 12.0. The van der Waals surface area contributed by atoms with Crippen LogP contribution in [0.5, 0.6) is 0 Å². The predicted octanol–water partition coefficient (Wildman–Crippen LogP) is 2.07. The number of aromatic nitrogens is 4. The van der Waals surface area contributed by atoms with Gasteiger partial charge in [-0.15, -0.1) is 0 Å². The number of fused-ring (bicyclic) bond motifs is 1. The summed E-state index contributed by atoms with van der Waals surface area (Å²) >= 11 is 6.20. The summed E-state index contributed by atoms with van der Waals surface area (Å²) < 4.78 is 1.69. The van der Waals surface area contributed by atoms with E-state index in [0.29, 0.717) is 23.5 Å². The minimum atomic E-state index is 0.0755. The highest BCUT2D eigenvalue weighted by Gasteiger charge is 2.22. The predicted molar refractivity (Wildman–Crippen MR) is 79.3 cm³/mol. The third-order valence-electron chi connectivity index (χ3n) is 3.57. The van der Waals surface area contributed by atoms with Gasteiger partial charge in [-0.05, 0) is 19.8 Å². The molecule has 0 fully saturated rings. The Morgan fingerprint density at radius 3 is 2.70 bits per heavy atom. The van der Waals surface area contributed by atoms with Crippen molar-refractivity contribution in [1.29, 1.82) is 0 Å². The van der Waals surface area contributed by atoms with Crippen molar-refractivity contribution in [2.45, 2.75) is 39.7 Å². The van der Waals surface area contributed by atoms with Crippen molar-refractivity contribution < 1.29 is 5.11 Å². The second kappa shape index (κ2) is 6.37. The van der Waals surface area contributed by atoms with Gasteiger partial charge in [-0.3, -0.25) is 0 Å². The molecular formula is C13H20ClN5O. The molecule has 6 nitrogen and oxygen atoms in total. The number of aliphatic hydroxyl groups is 1. The summed E-state index contributed by atoms with van der Waals surface area (Å²) in [6.45, 7) is 6.79. The number of nitrogens with zero attached hydrogens (tertiary/aromatic N) is 5. The van der Waals surface area contributed by atoms with Gasteiger partial charge in [-0.1, -0.05) is 25.4 Å². The molecule has 0 unspecified atom stereocenters. The Kier molecular flexibility index (Phi) is 4.77. The van der Waals surface area contributed by atoms with Crippen molar-refractivity contribution in [1.82, 2.24) is 19.6 Å². The van der Waals surface area contributed by atoms with E-state index < -0.39 is 0 Å². The van der Waals surface area contributed by atoms with Crippen LogP contribution < -0.4 is 4.90 Å². The van der Waals surface area contributed by atoms with Gasteiger partial charge in [0.25, 0.3) is 5.78 Å². The molecule has 0 radical (unpaired) electrons. The molecule has 0 saturated carbocycles. The first kappa shape index (κ1) is 15.0. The van der Waals surface area contributed by atoms with Crippen LogP contribution in [-0.2, 0) is 0 Å². The van der Waals surface area contributed by atoms with Gasteiger partial charge >= 0.3 is 0 Å². The smallest absolute Gasteiger partial charge is 0.255 e. The Morgan fingerprint density at radius 2 is 2.10 bits per heavy atom. The average Bonchev–Trinajstić information content (AvgIpc) is 2.88. The second-order valence-corrected chi connectivity index (χ2v) is 5.07. The maximum absolute atomic E-state index is 9.39. The maximum atomic E-state index is 9.39. The van der Waals surface area contributed by atoms with Crippen molar-refractivity contribution in [3.8, 4) is 0 Å². The quantitative estimate of drug-likeness (QED) is 0.827. The topological polar surface area (TPSA) is 66.5 Å². The summed E-state index contributed by atoms with van der Waals surface area (Å²) in [5.74, 6) is 1.34. The largest absolute Gasteiger partial charge is 0.395 e. The van der Waals surface area contributed by atoms with Gasteiger partial charge in [-0.25, -0.2) is 0 Å². The fourth-order valence-corrected chi connectivity index (χ4v) is 2.68. The summed E-state index contributed by atoms with van der Waals surface area (Å²) in [6, 6.07) is 0.312. The monoisotopic (exact) mass is 297 g/mol. The molecule has 2 aromatic rings. The maximum Gasteiger partial charge on any atom is 0.255 e. The van der Waals surface area contributed by atoms with Gasteiger partial charge in [0.15, 0.2) is 0 Å². The number of anilines is 1. The molecule has 0 aliphatic heterocycles. The molecule has 0 saturated heterocycles.